The SMILES string of the molecule is CCc1cccc(C(F)(C(F)(F)F)C(F)(F)F)c1. The van der Waals surface area contributed by atoms with Crippen LogP contribution in [0.25, 0.3) is 0 Å². The van der Waals surface area contributed by atoms with Crippen molar-refractivity contribution in [2.75, 3.05) is 0 Å². The Bertz CT molecular complexity index is 402. The number of halogens is 7. The van der Waals surface area contributed by atoms with Gasteiger partial charge in [0.15, 0.2) is 0 Å². The highest BCUT2D eigenvalue weighted by molar-refractivity contribution is 5.31. The fourth-order valence-electron chi connectivity index (χ4n) is 1.49. The molecule has 0 heterocycles. The smallest absolute Gasteiger partial charge is 0.218 e. The summed E-state index contributed by atoms with van der Waals surface area (Å²) >= 11 is 0. The van der Waals surface area contributed by atoms with Crippen LogP contribution in [0, 0.1) is 0 Å². The molecule has 0 fully saturated rings. The molecular formula is C11H9F7. The van der Waals surface area contributed by atoms with E-state index < -0.39 is 23.6 Å². The summed E-state index contributed by atoms with van der Waals surface area (Å²) in [5, 5.41) is 0. The Morgan fingerprint density at radius 2 is 1.39 bits per heavy atom. The zero-order valence-corrected chi connectivity index (χ0v) is 9.16. The van der Waals surface area contributed by atoms with Gasteiger partial charge in [-0.2, -0.15) is 26.3 Å². The van der Waals surface area contributed by atoms with Crippen molar-refractivity contribution in [3.05, 3.63) is 35.4 Å². The molecule has 1 aromatic rings. The van der Waals surface area contributed by atoms with Gasteiger partial charge in [-0.3, -0.25) is 0 Å². The Morgan fingerprint density at radius 3 is 1.78 bits per heavy atom. The molecule has 0 aromatic heterocycles. The number of hydrogen-bond donors (Lipinski definition) is 0. The van der Waals surface area contributed by atoms with Gasteiger partial charge in [0.25, 0.3) is 0 Å². The van der Waals surface area contributed by atoms with Crippen molar-refractivity contribution in [3.8, 4) is 0 Å². The second kappa shape index (κ2) is 4.44. The molecular weight excluding hydrogens is 265 g/mol. The van der Waals surface area contributed by atoms with Gasteiger partial charge in [0.05, 0.1) is 0 Å². The van der Waals surface area contributed by atoms with Crippen LogP contribution in [0.1, 0.15) is 18.1 Å². The van der Waals surface area contributed by atoms with E-state index in [1.807, 2.05) is 0 Å². The van der Waals surface area contributed by atoms with Crippen molar-refractivity contribution in [1.29, 1.82) is 0 Å². The average Bonchev–Trinajstić information content (AvgIpc) is 2.25. The lowest BCUT2D eigenvalue weighted by Crippen LogP contribution is -2.50. The van der Waals surface area contributed by atoms with E-state index >= 15 is 0 Å². The first-order chi connectivity index (χ1) is 8.04. The van der Waals surface area contributed by atoms with Gasteiger partial charge >= 0.3 is 18.0 Å². The molecule has 0 bridgehead atoms. The predicted octanol–water partition coefficient (Wildman–Crippen LogP) is 4.54. The largest absolute Gasteiger partial charge is 0.435 e. The van der Waals surface area contributed by atoms with E-state index in [1.165, 1.54) is 6.07 Å². The zero-order valence-electron chi connectivity index (χ0n) is 9.16. The summed E-state index contributed by atoms with van der Waals surface area (Å²) in [6.45, 7) is 1.54. The van der Waals surface area contributed by atoms with Crippen LogP contribution in [0.2, 0.25) is 0 Å². The van der Waals surface area contributed by atoms with E-state index in [9.17, 15) is 30.7 Å². The first-order valence-corrected chi connectivity index (χ1v) is 4.95. The molecule has 0 N–H and O–H groups in total. The Labute approximate surface area is 98.4 Å². The van der Waals surface area contributed by atoms with Gasteiger partial charge in [-0.25, -0.2) is 4.39 Å². The average molecular weight is 274 g/mol. The minimum Gasteiger partial charge on any atom is -0.218 e. The molecule has 18 heavy (non-hydrogen) atoms. The minimum absolute atomic E-state index is 0.197. The van der Waals surface area contributed by atoms with Crippen LogP contribution in [-0.2, 0) is 12.1 Å². The highest BCUT2D eigenvalue weighted by atomic mass is 19.4. The van der Waals surface area contributed by atoms with E-state index in [2.05, 4.69) is 0 Å². The molecule has 0 radical (unpaired) electrons. The van der Waals surface area contributed by atoms with Gasteiger partial charge in [0.2, 0.25) is 0 Å². The summed E-state index contributed by atoms with van der Waals surface area (Å²) in [4.78, 5) is 0. The summed E-state index contributed by atoms with van der Waals surface area (Å²) in [6, 6.07) is 3.37. The van der Waals surface area contributed by atoms with E-state index in [-0.39, 0.29) is 12.0 Å². The van der Waals surface area contributed by atoms with Crippen LogP contribution >= 0.6 is 0 Å². The molecule has 1 rings (SSSR count). The van der Waals surface area contributed by atoms with Gasteiger partial charge in [0.1, 0.15) is 0 Å². The first kappa shape index (κ1) is 14.8. The Hall–Kier alpha value is -1.27. The molecule has 0 amide bonds. The number of rotatable bonds is 2. The molecule has 0 unspecified atom stereocenters. The monoisotopic (exact) mass is 274 g/mol. The standard InChI is InChI=1S/C11H9F7/c1-2-7-4-3-5-8(6-7)9(12,10(13,14)15)11(16,17)18/h3-6H,2H2,1H3. The summed E-state index contributed by atoms with van der Waals surface area (Å²) in [6.07, 6.45) is -11.9. The third-order valence-electron chi connectivity index (χ3n) is 2.51. The molecule has 0 aliphatic carbocycles. The molecule has 0 saturated heterocycles. The van der Waals surface area contributed by atoms with Crippen LogP contribution in [0.15, 0.2) is 24.3 Å². The highest BCUT2D eigenvalue weighted by Gasteiger charge is 2.73. The van der Waals surface area contributed by atoms with Crippen molar-refractivity contribution < 1.29 is 30.7 Å². The zero-order chi connectivity index (χ0) is 14.2. The van der Waals surface area contributed by atoms with E-state index in [0.717, 1.165) is 6.07 Å². The summed E-state index contributed by atoms with van der Waals surface area (Å²) in [5.74, 6) is 0. The van der Waals surface area contributed by atoms with Gasteiger partial charge in [0, 0.05) is 5.56 Å². The fraction of sp³-hybridized carbons (Fsp3) is 0.455. The second-order valence-corrected chi connectivity index (χ2v) is 3.71. The lowest BCUT2D eigenvalue weighted by Gasteiger charge is -2.30. The lowest BCUT2D eigenvalue weighted by atomic mass is 9.92. The Kier molecular flexibility index (Phi) is 3.65. The third-order valence-corrected chi connectivity index (χ3v) is 2.51. The normalized spacial score (nSPS) is 13.8. The van der Waals surface area contributed by atoms with Gasteiger partial charge in [-0.05, 0) is 12.0 Å². The maximum absolute atomic E-state index is 13.6. The van der Waals surface area contributed by atoms with Gasteiger partial charge < -0.3 is 0 Å². The highest BCUT2D eigenvalue weighted by Crippen LogP contribution is 2.53. The molecule has 0 saturated carbocycles. The molecule has 0 aliphatic rings. The van der Waals surface area contributed by atoms with Gasteiger partial charge in [-0.15, -0.1) is 0 Å². The molecule has 0 aliphatic heterocycles. The number of benzene rings is 1. The summed E-state index contributed by atoms with van der Waals surface area (Å²) in [7, 11) is 0. The lowest BCUT2D eigenvalue weighted by molar-refractivity contribution is -0.348. The molecule has 7 heteroatoms. The van der Waals surface area contributed by atoms with E-state index in [0.29, 0.717) is 12.1 Å². The Balaban J connectivity index is 3.45. The molecule has 0 nitrogen and oxygen atoms in total. The van der Waals surface area contributed by atoms with Crippen molar-refractivity contribution >= 4 is 0 Å². The third kappa shape index (κ3) is 2.30. The first-order valence-electron chi connectivity index (χ1n) is 4.95. The molecule has 0 atom stereocenters. The van der Waals surface area contributed by atoms with Crippen molar-refractivity contribution in [3.63, 3.8) is 0 Å². The topological polar surface area (TPSA) is 0 Å². The molecule has 1 aromatic carbocycles. The molecule has 102 valence electrons. The van der Waals surface area contributed by atoms with Crippen LogP contribution in [-0.4, -0.2) is 12.4 Å². The van der Waals surface area contributed by atoms with E-state index in [4.69, 9.17) is 0 Å². The van der Waals surface area contributed by atoms with Crippen LogP contribution in [0.5, 0.6) is 0 Å². The van der Waals surface area contributed by atoms with Crippen molar-refractivity contribution in [2.24, 2.45) is 0 Å². The van der Waals surface area contributed by atoms with Crippen molar-refractivity contribution in [2.45, 2.75) is 31.4 Å². The summed E-state index contributed by atoms with van der Waals surface area (Å²) < 4.78 is 88.2. The van der Waals surface area contributed by atoms with Crippen LogP contribution < -0.4 is 0 Å². The predicted molar refractivity (Wildman–Crippen MR) is 50.7 cm³/mol. The van der Waals surface area contributed by atoms with Gasteiger partial charge in [-0.1, -0.05) is 31.2 Å². The second-order valence-electron chi connectivity index (χ2n) is 3.71. The van der Waals surface area contributed by atoms with E-state index in [1.54, 1.807) is 6.92 Å². The number of aryl methyl sites for hydroxylation is 1. The van der Waals surface area contributed by atoms with Crippen LogP contribution in [0.4, 0.5) is 30.7 Å². The Morgan fingerprint density at radius 1 is 0.889 bits per heavy atom. The van der Waals surface area contributed by atoms with Crippen LogP contribution in [0.3, 0.4) is 0 Å². The summed E-state index contributed by atoms with van der Waals surface area (Å²) in [5.41, 5.74) is -6.59. The maximum Gasteiger partial charge on any atom is 0.435 e. The number of alkyl halides is 7. The number of hydrogen-bond acceptors (Lipinski definition) is 0. The van der Waals surface area contributed by atoms with Crippen molar-refractivity contribution in [1.82, 2.24) is 0 Å². The molecule has 0 spiro atoms. The fourth-order valence-corrected chi connectivity index (χ4v) is 1.49. The minimum atomic E-state index is -6.06. The quantitative estimate of drug-likeness (QED) is 0.694. The maximum atomic E-state index is 13.6.